The highest BCUT2D eigenvalue weighted by atomic mass is 35.5. The summed E-state index contributed by atoms with van der Waals surface area (Å²) in [6.45, 7) is 1.03. The van der Waals surface area contributed by atoms with Gasteiger partial charge in [-0.1, -0.05) is 40.9 Å². The Morgan fingerprint density at radius 3 is 2.50 bits per heavy atom. The number of ether oxygens (including phenoxy) is 1. The predicted molar refractivity (Wildman–Crippen MR) is 99.6 cm³/mol. The SMILES string of the molecule is Cc1cccc(C(=O)NCC(=O)OCC(=O)Nc2ccc(Cl)c(Cl)c2)c1. The molecule has 8 heteroatoms. The number of anilines is 1. The van der Waals surface area contributed by atoms with E-state index in [1.807, 2.05) is 13.0 Å². The first-order valence-electron chi connectivity index (χ1n) is 7.60. The lowest BCUT2D eigenvalue weighted by Crippen LogP contribution is -2.32. The second-order valence-electron chi connectivity index (χ2n) is 5.39. The van der Waals surface area contributed by atoms with E-state index in [0.29, 0.717) is 21.3 Å². The first-order valence-corrected chi connectivity index (χ1v) is 8.36. The van der Waals surface area contributed by atoms with Crippen molar-refractivity contribution in [3.05, 3.63) is 63.6 Å². The molecule has 2 amide bonds. The van der Waals surface area contributed by atoms with Crippen molar-refractivity contribution >= 4 is 46.7 Å². The number of hydrogen-bond acceptors (Lipinski definition) is 4. The molecule has 0 bridgehead atoms. The zero-order valence-corrected chi connectivity index (χ0v) is 15.4. The number of carbonyl (C=O) groups excluding carboxylic acids is 3. The van der Waals surface area contributed by atoms with Gasteiger partial charge in [0.1, 0.15) is 6.54 Å². The van der Waals surface area contributed by atoms with Crippen molar-refractivity contribution in [2.75, 3.05) is 18.5 Å². The molecule has 26 heavy (non-hydrogen) atoms. The van der Waals surface area contributed by atoms with Crippen LogP contribution < -0.4 is 10.6 Å². The van der Waals surface area contributed by atoms with E-state index in [1.54, 1.807) is 24.3 Å². The number of esters is 1. The van der Waals surface area contributed by atoms with Crippen molar-refractivity contribution < 1.29 is 19.1 Å². The minimum Gasteiger partial charge on any atom is -0.454 e. The van der Waals surface area contributed by atoms with Crippen LogP contribution in [0.5, 0.6) is 0 Å². The first-order chi connectivity index (χ1) is 12.3. The summed E-state index contributed by atoms with van der Waals surface area (Å²) in [7, 11) is 0. The Balaban J connectivity index is 1.74. The molecule has 0 saturated heterocycles. The van der Waals surface area contributed by atoms with Crippen molar-refractivity contribution in [3.8, 4) is 0 Å². The lowest BCUT2D eigenvalue weighted by atomic mass is 10.1. The van der Waals surface area contributed by atoms with E-state index < -0.39 is 24.4 Å². The van der Waals surface area contributed by atoms with E-state index in [0.717, 1.165) is 5.56 Å². The van der Waals surface area contributed by atoms with E-state index in [9.17, 15) is 14.4 Å². The quantitative estimate of drug-likeness (QED) is 0.736. The van der Waals surface area contributed by atoms with Crippen LogP contribution in [-0.4, -0.2) is 30.9 Å². The number of aryl methyl sites for hydroxylation is 1. The van der Waals surface area contributed by atoms with Gasteiger partial charge >= 0.3 is 5.97 Å². The second kappa shape index (κ2) is 9.22. The Hall–Kier alpha value is -2.57. The summed E-state index contributed by atoms with van der Waals surface area (Å²) >= 11 is 11.6. The van der Waals surface area contributed by atoms with E-state index in [1.165, 1.54) is 12.1 Å². The van der Waals surface area contributed by atoms with Crippen LogP contribution in [0.2, 0.25) is 10.0 Å². The lowest BCUT2D eigenvalue weighted by molar-refractivity contribution is -0.146. The monoisotopic (exact) mass is 394 g/mol. The highest BCUT2D eigenvalue weighted by Crippen LogP contribution is 2.24. The average molecular weight is 395 g/mol. The highest BCUT2D eigenvalue weighted by Gasteiger charge is 2.11. The zero-order chi connectivity index (χ0) is 19.1. The van der Waals surface area contributed by atoms with Gasteiger partial charge in [-0.25, -0.2) is 0 Å². The van der Waals surface area contributed by atoms with Crippen molar-refractivity contribution in [2.24, 2.45) is 0 Å². The van der Waals surface area contributed by atoms with Gasteiger partial charge in [-0.3, -0.25) is 14.4 Å². The molecular weight excluding hydrogens is 379 g/mol. The number of hydrogen-bond donors (Lipinski definition) is 2. The molecule has 0 aliphatic heterocycles. The normalized spacial score (nSPS) is 10.1. The second-order valence-corrected chi connectivity index (χ2v) is 6.20. The van der Waals surface area contributed by atoms with Gasteiger partial charge in [-0.15, -0.1) is 0 Å². The Kier molecular flexibility index (Phi) is 7.00. The zero-order valence-electron chi connectivity index (χ0n) is 13.8. The summed E-state index contributed by atoms with van der Waals surface area (Å²) < 4.78 is 4.82. The summed E-state index contributed by atoms with van der Waals surface area (Å²) in [5, 5.41) is 5.60. The van der Waals surface area contributed by atoms with Crippen LogP contribution in [0.1, 0.15) is 15.9 Å². The van der Waals surface area contributed by atoms with Crippen LogP contribution in [0.3, 0.4) is 0 Å². The predicted octanol–water partition coefficient (Wildman–Crippen LogP) is 3.21. The third-order valence-corrected chi connectivity index (χ3v) is 3.98. The van der Waals surface area contributed by atoms with Gasteiger partial charge in [-0.2, -0.15) is 0 Å². The minimum absolute atomic E-state index is 0.292. The maximum atomic E-state index is 11.9. The largest absolute Gasteiger partial charge is 0.454 e. The molecule has 0 atom stereocenters. The van der Waals surface area contributed by atoms with Crippen molar-refractivity contribution in [3.63, 3.8) is 0 Å². The van der Waals surface area contributed by atoms with E-state index >= 15 is 0 Å². The first kappa shape index (κ1) is 19.8. The number of halogens is 2. The number of carbonyl (C=O) groups is 3. The number of benzene rings is 2. The number of rotatable bonds is 6. The van der Waals surface area contributed by atoms with Gasteiger partial charge in [0.2, 0.25) is 0 Å². The van der Waals surface area contributed by atoms with E-state index in [4.69, 9.17) is 27.9 Å². The Morgan fingerprint density at radius 2 is 1.81 bits per heavy atom. The minimum atomic E-state index is -0.727. The molecule has 0 spiro atoms. The molecule has 2 aromatic rings. The molecule has 2 aromatic carbocycles. The molecule has 0 radical (unpaired) electrons. The van der Waals surface area contributed by atoms with Crippen LogP contribution >= 0.6 is 23.2 Å². The molecule has 0 heterocycles. The molecule has 0 aromatic heterocycles. The average Bonchev–Trinajstić information content (AvgIpc) is 2.61. The fourth-order valence-electron chi connectivity index (χ4n) is 2.01. The summed E-state index contributed by atoms with van der Waals surface area (Å²) in [6.07, 6.45) is 0. The summed E-state index contributed by atoms with van der Waals surface area (Å²) in [5.74, 6) is -1.66. The van der Waals surface area contributed by atoms with Crippen LogP contribution in [-0.2, 0) is 14.3 Å². The molecule has 2 rings (SSSR count). The molecule has 136 valence electrons. The topological polar surface area (TPSA) is 84.5 Å². The molecule has 6 nitrogen and oxygen atoms in total. The molecule has 0 fully saturated rings. The van der Waals surface area contributed by atoms with Gasteiger partial charge < -0.3 is 15.4 Å². The molecule has 0 aliphatic rings. The smallest absolute Gasteiger partial charge is 0.325 e. The van der Waals surface area contributed by atoms with Gasteiger partial charge in [0.05, 0.1) is 10.0 Å². The number of nitrogens with one attached hydrogen (secondary N) is 2. The van der Waals surface area contributed by atoms with E-state index in [2.05, 4.69) is 10.6 Å². The maximum absolute atomic E-state index is 11.9. The van der Waals surface area contributed by atoms with Gasteiger partial charge in [-0.05, 0) is 37.3 Å². The van der Waals surface area contributed by atoms with Gasteiger partial charge in [0.25, 0.3) is 11.8 Å². The highest BCUT2D eigenvalue weighted by molar-refractivity contribution is 6.42. The Bertz CT molecular complexity index is 840. The van der Waals surface area contributed by atoms with E-state index in [-0.39, 0.29) is 6.54 Å². The third kappa shape index (κ3) is 6.06. The van der Waals surface area contributed by atoms with Crippen LogP contribution in [0.4, 0.5) is 5.69 Å². The summed E-state index contributed by atoms with van der Waals surface area (Å²) in [6, 6.07) is 11.5. The fraction of sp³-hybridized carbons (Fsp3) is 0.167. The molecular formula is C18H16Cl2N2O4. The maximum Gasteiger partial charge on any atom is 0.325 e. The van der Waals surface area contributed by atoms with Crippen LogP contribution in [0.15, 0.2) is 42.5 Å². The number of amides is 2. The van der Waals surface area contributed by atoms with Gasteiger partial charge in [0.15, 0.2) is 6.61 Å². The third-order valence-electron chi connectivity index (χ3n) is 3.24. The summed E-state index contributed by atoms with van der Waals surface area (Å²) in [5.41, 5.74) is 1.79. The molecule has 0 saturated carbocycles. The molecule has 0 unspecified atom stereocenters. The van der Waals surface area contributed by atoms with Crippen LogP contribution in [0.25, 0.3) is 0 Å². The van der Waals surface area contributed by atoms with Gasteiger partial charge in [0, 0.05) is 11.3 Å². The molecule has 2 N–H and O–H groups in total. The van der Waals surface area contributed by atoms with Crippen molar-refractivity contribution in [1.29, 1.82) is 0 Å². The fourth-order valence-corrected chi connectivity index (χ4v) is 2.31. The Morgan fingerprint density at radius 1 is 1.04 bits per heavy atom. The molecule has 0 aliphatic carbocycles. The van der Waals surface area contributed by atoms with Crippen LogP contribution in [0, 0.1) is 6.92 Å². The summed E-state index contributed by atoms with van der Waals surface area (Å²) in [4.78, 5) is 35.3. The lowest BCUT2D eigenvalue weighted by Gasteiger charge is -2.08. The van der Waals surface area contributed by atoms with Crippen molar-refractivity contribution in [1.82, 2.24) is 5.32 Å². The Labute approximate surface area is 160 Å². The van der Waals surface area contributed by atoms with Crippen molar-refractivity contribution in [2.45, 2.75) is 6.92 Å². The standard InChI is InChI=1S/C18H16Cl2N2O4/c1-11-3-2-4-12(7-11)18(25)21-9-17(24)26-10-16(23)22-13-5-6-14(19)15(20)8-13/h2-8H,9-10H2,1H3,(H,21,25)(H,22,23).